The smallest absolute Gasteiger partial charge is 0.281 e. The number of carbonyl (C=O) groups is 1. The topological polar surface area (TPSA) is 37.7 Å². The first kappa shape index (κ1) is 18.7. The Kier molecular flexibility index (Phi) is 4.75. The van der Waals surface area contributed by atoms with Gasteiger partial charge in [0.2, 0.25) is 0 Å². The minimum absolute atomic E-state index is 0.104. The van der Waals surface area contributed by atoms with Gasteiger partial charge in [-0.25, -0.2) is 0 Å². The van der Waals surface area contributed by atoms with Gasteiger partial charge < -0.3 is 14.2 Å². The number of hydrogen-bond donors (Lipinski definition) is 0. The number of ether oxygens (including phenoxy) is 1. The van der Waals surface area contributed by atoms with Crippen LogP contribution in [0, 0.1) is 13.8 Å². The lowest BCUT2D eigenvalue weighted by Crippen LogP contribution is -2.31. The summed E-state index contributed by atoms with van der Waals surface area (Å²) in [7, 11) is 1.85. The van der Waals surface area contributed by atoms with E-state index in [2.05, 4.69) is 24.5 Å². The highest BCUT2D eigenvalue weighted by molar-refractivity contribution is 7.80. The molecule has 1 amide bonds. The molecule has 1 aliphatic heterocycles. The molecule has 146 valence electrons. The summed E-state index contributed by atoms with van der Waals surface area (Å²) in [6.07, 6.45) is 4.44. The molecule has 5 nitrogen and oxygen atoms in total. The molecule has 6 heteroatoms. The minimum Gasteiger partial charge on any atom is -0.494 e. The lowest BCUT2D eigenvalue weighted by atomic mass is 10.2. The van der Waals surface area contributed by atoms with E-state index in [0.29, 0.717) is 23.5 Å². The second-order valence-electron chi connectivity index (χ2n) is 7.37. The van der Waals surface area contributed by atoms with Gasteiger partial charge >= 0.3 is 0 Å². The molecule has 2 heterocycles. The van der Waals surface area contributed by atoms with Crippen molar-refractivity contribution in [2.24, 2.45) is 0 Å². The van der Waals surface area contributed by atoms with Gasteiger partial charge in [-0.05, 0) is 87.8 Å². The monoisotopic (exact) mass is 395 g/mol. The summed E-state index contributed by atoms with van der Waals surface area (Å²) in [5, 5.41) is 0.483. The van der Waals surface area contributed by atoms with Crippen LogP contribution >= 0.6 is 12.2 Å². The van der Waals surface area contributed by atoms with E-state index in [-0.39, 0.29) is 5.91 Å². The fraction of sp³-hybridized carbons (Fsp3) is 0.364. The average molecular weight is 396 g/mol. The van der Waals surface area contributed by atoms with Gasteiger partial charge in [0.25, 0.3) is 5.91 Å². The second-order valence-corrected chi connectivity index (χ2v) is 7.73. The molecule has 1 aliphatic carbocycles. The molecule has 0 N–H and O–H groups in total. The average Bonchev–Trinajstić information content (AvgIpc) is 3.42. The Morgan fingerprint density at radius 2 is 1.89 bits per heavy atom. The van der Waals surface area contributed by atoms with Crippen molar-refractivity contribution in [2.45, 2.75) is 39.7 Å². The number of amides is 1. The van der Waals surface area contributed by atoms with Crippen molar-refractivity contribution in [1.29, 1.82) is 0 Å². The van der Waals surface area contributed by atoms with E-state index in [0.717, 1.165) is 17.0 Å². The Morgan fingerprint density at radius 3 is 2.50 bits per heavy atom. The van der Waals surface area contributed by atoms with Gasteiger partial charge in [-0.2, -0.15) is 0 Å². The third-order valence-electron chi connectivity index (χ3n) is 5.40. The minimum atomic E-state index is -0.104. The number of thiocarbonyl (C=S) groups is 1. The Morgan fingerprint density at radius 1 is 1.21 bits per heavy atom. The van der Waals surface area contributed by atoms with E-state index in [1.165, 1.54) is 24.2 Å². The zero-order chi connectivity index (χ0) is 20.0. The molecular formula is C22H25N3O2S. The number of likely N-dealkylation sites (N-methyl/N-ethyl adjacent to an activating group) is 1. The molecule has 0 unspecified atom stereocenters. The van der Waals surface area contributed by atoms with Crippen LogP contribution in [-0.2, 0) is 4.79 Å². The Bertz CT molecular complexity index is 970. The predicted octanol–water partition coefficient (Wildman–Crippen LogP) is 4.44. The molecule has 1 saturated heterocycles. The number of rotatable bonds is 5. The molecule has 0 atom stereocenters. The number of aromatic nitrogens is 1. The Balaban J connectivity index is 1.66. The first-order chi connectivity index (χ1) is 13.4. The summed E-state index contributed by atoms with van der Waals surface area (Å²) in [5.74, 6) is 0.674. The van der Waals surface area contributed by atoms with Crippen LogP contribution in [0.4, 0.5) is 5.69 Å². The lowest BCUT2D eigenvalue weighted by Gasteiger charge is -2.16. The number of carbonyl (C=O) groups excluding carboxylic acids is 1. The van der Waals surface area contributed by atoms with E-state index in [1.54, 1.807) is 9.80 Å². The maximum atomic E-state index is 13.2. The number of anilines is 1. The molecule has 28 heavy (non-hydrogen) atoms. The molecular weight excluding hydrogens is 370 g/mol. The molecule has 0 spiro atoms. The second kappa shape index (κ2) is 7.09. The van der Waals surface area contributed by atoms with Gasteiger partial charge in [0, 0.05) is 24.5 Å². The first-order valence-corrected chi connectivity index (χ1v) is 10.1. The number of benzene rings is 1. The van der Waals surface area contributed by atoms with Crippen molar-refractivity contribution in [1.82, 2.24) is 9.47 Å². The zero-order valence-corrected chi connectivity index (χ0v) is 17.5. The quantitative estimate of drug-likeness (QED) is 0.554. The van der Waals surface area contributed by atoms with Gasteiger partial charge in [0.1, 0.15) is 11.4 Å². The van der Waals surface area contributed by atoms with Crippen LogP contribution in [0.15, 0.2) is 36.0 Å². The standard InChI is InChI=1S/C22H25N3O2S/c1-5-27-19-10-8-18(9-11-19)25-21(26)20(23(4)22(25)28)13-16-12-14(2)24(15(16)3)17-6-7-17/h8-13,17H,5-7H2,1-4H3/b20-13-. The molecule has 1 aromatic heterocycles. The third kappa shape index (κ3) is 3.11. The summed E-state index contributed by atoms with van der Waals surface area (Å²) >= 11 is 5.57. The van der Waals surface area contributed by atoms with Crippen molar-refractivity contribution in [3.63, 3.8) is 0 Å². The maximum Gasteiger partial charge on any atom is 0.281 e. The third-order valence-corrected chi connectivity index (χ3v) is 5.85. The van der Waals surface area contributed by atoms with E-state index in [4.69, 9.17) is 17.0 Å². The fourth-order valence-electron chi connectivity index (χ4n) is 3.83. The normalized spacial score (nSPS) is 18.5. The number of hydrogen-bond acceptors (Lipinski definition) is 3. The molecule has 1 saturated carbocycles. The first-order valence-electron chi connectivity index (χ1n) is 9.67. The van der Waals surface area contributed by atoms with Crippen molar-refractivity contribution in [3.8, 4) is 5.75 Å². The van der Waals surface area contributed by atoms with Crippen LogP contribution in [0.25, 0.3) is 6.08 Å². The summed E-state index contributed by atoms with van der Waals surface area (Å²) in [6, 6.07) is 10.2. The van der Waals surface area contributed by atoms with E-state index in [9.17, 15) is 4.79 Å². The van der Waals surface area contributed by atoms with E-state index in [1.807, 2.05) is 44.3 Å². The van der Waals surface area contributed by atoms with Crippen LogP contribution in [0.1, 0.15) is 42.8 Å². The molecule has 4 rings (SSSR count). The molecule has 0 bridgehead atoms. The SMILES string of the molecule is CCOc1ccc(N2C(=O)/C(=C/c3cc(C)n(C4CC4)c3C)N(C)C2=S)cc1. The molecule has 2 aromatic rings. The van der Waals surface area contributed by atoms with E-state index < -0.39 is 0 Å². The fourth-order valence-corrected chi connectivity index (χ4v) is 4.12. The van der Waals surface area contributed by atoms with Gasteiger partial charge in [-0.3, -0.25) is 9.69 Å². The van der Waals surface area contributed by atoms with Crippen molar-refractivity contribution < 1.29 is 9.53 Å². The van der Waals surface area contributed by atoms with Crippen molar-refractivity contribution in [2.75, 3.05) is 18.6 Å². The van der Waals surface area contributed by atoms with Crippen molar-refractivity contribution in [3.05, 3.63) is 53.0 Å². The molecule has 2 aliphatic rings. The van der Waals surface area contributed by atoms with Gasteiger partial charge in [-0.1, -0.05) is 0 Å². The van der Waals surface area contributed by atoms with E-state index >= 15 is 0 Å². The summed E-state index contributed by atoms with van der Waals surface area (Å²) in [5.41, 5.74) is 4.87. The summed E-state index contributed by atoms with van der Waals surface area (Å²) in [6.45, 7) is 6.80. The van der Waals surface area contributed by atoms with Gasteiger partial charge in [0.05, 0.1) is 12.3 Å². The Labute approximate surface area is 171 Å². The molecule has 1 aromatic carbocycles. The largest absolute Gasteiger partial charge is 0.494 e. The van der Waals surface area contributed by atoms with Crippen LogP contribution in [0.3, 0.4) is 0 Å². The number of nitrogens with zero attached hydrogens (tertiary/aromatic N) is 3. The Hall–Kier alpha value is -2.60. The van der Waals surface area contributed by atoms with Crippen LogP contribution in [0.5, 0.6) is 5.75 Å². The maximum absolute atomic E-state index is 13.2. The summed E-state index contributed by atoms with van der Waals surface area (Å²) in [4.78, 5) is 16.6. The summed E-state index contributed by atoms with van der Waals surface area (Å²) < 4.78 is 7.87. The van der Waals surface area contributed by atoms with Crippen molar-refractivity contribution >= 4 is 35.0 Å². The van der Waals surface area contributed by atoms with Crippen LogP contribution in [-0.4, -0.2) is 34.1 Å². The van der Waals surface area contributed by atoms with Gasteiger partial charge in [0.15, 0.2) is 5.11 Å². The van der Waals surface area contributed by atoms with Crippen LogP contribution in [0.2, 0.25) is 0 Å². The highest BCUT2D eigenvalue weighted by Gasteiger charge is 2.37. The van der Waals surface area contributed by atoms with Crippen LogP contribution < -0.4 is 9.64 Å². The predicted molar refractivity (Wildman–Crippen MR) is 116 cm³/mol. The number of aryl methyl sites for hydroxylation is 1. The van der Waals surface area contributed by atoms with Gasteiger partial charge in [-0.15, -0.1) is 0 Å². The highest BCUT2D eigenvalue weighted by Crippen LogP contribution is 2.39. The molecule has 0 radical (unpaired) electrons. The zero-order valence-electron chi connectivity index (χ0n) is 16.7. The highest BCUT2D eigenvalue weighted by atomic mass is 32.1. The molecule has 2 fully saturated rings. The lowest BCUT2D eigenvalue weighted by molar-refractivity contribution is -0.114.